The summed E-state index contributed by atoms with van der Waals surface area (Å²) in [5, 5.41) is 10.9. The molecule has 1 amide bonds. The lowest BCUT2D eigenvalue weighted by molar-refractivity contribution is -0.160. The van der Waals surface area contributed by atoms with Crippen LogP contribution >= 0.6 is 0 Å². The van der Waals surface area contributed by atoms with Gasteiger partial charge >= 0.3 is 11.9 Å². The Morgan fingerprint density at radius 3 is 2.59 bits per heavy atom. The lowest BCUT2D eigenvalue weighted by atomic mass is 9.47. The van der Waals surface area contributed by atoms with E-state index < -0.39 is 18.4 Å². The number of carboxylic acids is 1. The lowest BCUT2D eigenvalue weighted by Gasteiger charge is -2.57. The first-order valence-corrected chi connectivity index (χ1v) is 12.1. The van der Waals surface area contributed by atoms with E-state index in [2.05, 4.69) is 19.2 Å². The molecule has 0 heterocycles. The fourth-order valence-corrected chi connectivity index (χ4v) is 7.40. The molecule has 0 aliphatic heterocycles. The molecule has 4 aliphatic carbocycles. The second-order valence-electron chi connectivity index (χ2n) is 10.7. The Kier molecular flexibility index (Phi) is 6.21. The molecule has 0 radical (unpaired) electrons. The van der Waals surface area contributed by atoms with Crippen LogP contribution in [0.5, 0.6) is 0 Å². The molecule has 0 saturated heterocycles. The van der Waals surface area contributed by atoms with Crippen molar-refractivity contribution in [2.75, 3.05) is 6.54 Å². The van der Waals surface area contributed by atoms with Crippen molar-refractivity contribution in [1.82, 2.24) is 5.32 Å². The van der Waals surface area contributed by atoms with Crippen molar-refractivity contribution in [2.24, 2.45) is 28.6 Å². The number of ketones is 1. The van der Waals surface area contributed by atoms with Crippen LogP contribution in [-0.2, 0) is 23.9 Å². The van der Waals surface area contributed by atoms with Crippen LogP contribution < -0.4 is 5.32 Å². The number of carboxylic acid groups (broad SMARTS) is 1. The highest BCUT2D eigenvalue weighted by Crippen LogP contribution is 2.65. The van der Waals surface area contributed by atoms with Gasteiger partial charge in [0.1, 0.15) is 12.6 Å². The number of rotatable bonds is 6. The van der Waals surface area contributed by atoms with Gasteiger partial charge in [0.15, 0.2) is 5.78 Å². The van der Waals surface area contributed by atoms with Crippen LogP contribution in [-0.4, -0.2) is 41.4 Å². The first kappa shape index (κ1) is 23.0. The summed E-state index contributed by atoms with van der Waals surface area (Å²) in [5.74, 6) is 0.0628. The van der Waals surface area contributed by atoms with Crippen LogP contribution in [0.2, 0.25) is 0 Å². The van der Waals surface area contributed by atoms with E-state index in [-0.39, 0.29) is 41.5 Å². The summed E-state index contributed by atoms with van der Waals surface area (Å²) in [6, 6.07) is 0. The molecule has 0 spiro atoms. The average Bonchev–Trinajstić information content (AvgIpc) is 3.07. The number of amides is 1. The SMILES string of the molecule is CC12CCC(=O)C=C1CCC1C2CCC2(C)C(OC(=O)CCC(=O)NCC(=O)O)CCC12. The van der Waals surface area contributed by atoms with E-state index in [0.29, 0.717) is 24.2 Å². The van der Waals surface area contributed by atoms with Crippen molar-refractivity contribution >= 4 is 23.6 Å². The third-order valence-corrected chi connectivity index (χ3v) is 9.14. The van der Waals surface area contributed by atoms with Gasteiger partial charge in [-0.05, 0) is 74.2 Å². The zero-order valence-electron chi connectivity index (χ0n) is 19.2. The minimum absolute atomic E-state index is 0.0327. The Bertz CT molecular complexity index is 849. The molecule has 7 nitrogen and oxygen atoms in total. The maximum Gasteiger partial charge on any atom is 0.322 e. The summed E-state index contributed by atoms with van der Waals surface area (Å²) in [6.45, 7) is 4.20. The first-order chi connectivity index (χ1) is 15.1. The molecule has 3 fully saturated rings. The van der Waals surface area contributed by atoms with Crippen LogP contribution in [0.4, 0.5) is 0 Å². The summed E-state index contributed by atoms with van der Waals surface area (Å²) >= 11 is 0. The van der Waals surface area contributed by atoms with Crippen LogP contribution in [0, 0.1) is 28.6 Å². The Morgan fingerprint density at radius 1 is 1.06 bits per heavy atom. The average molecular weight is 446 g/mol. The summed E-state index contributed by atoms with van der Waals surface area (Å²) in [6.07, 6.45) is 9.50. The Morgan fingerprint density at radius 2 is 1.84 bits per heavy atom. The van der Waals surface area contributed by atoms with Gasteiger partial charge in [0.25, 0.3) is 0 Å². The summed E-state index contributed by atoms with van der Waals surface area (Å²) in [4.78, 5) is 46.7. The van der Waals surface area contributed by atoms with E-state index in [1.807, 2.05) is 6.08 Å². The summed E-state index contributed by atoms with van der Waals surface area (Å²) in [5.41, 5.74) is 1.46. The number of nitrogens with one attached hydrogen (secondary N) is 1. The predicted octanol–water partition coefficient (Wildman–Crippen LogP) is 3.41. The third kappa shape index (κ3) is 4.11. The number of allylic oxidation sites excluding steroid dienone is 1. The van der Waals surface area contributed by atoms with Crippen LogP contribution in [0.25, 0.3) is 0 Å². The van der Waals surface area contributed by atoms with Gasteiger partial charge in [-0.15, -0.1) is 0 Å². The quantitative estimate of drug-likeness (QED) is 0.607. The second-order valence-corrected chi connectivity index (χ2v) is 10.7. The third-order valence-electron chi connectivity index (χ3n) is 9.14. The molecular formula is C25H35NO6. The zero-order valence-corrected chi connectivity index (χ0v) is 19.2. The Balaban J connectivity index is 1.37. The molecule has 0 aromatic heterocycles. The van der Waals surface area contributed by atoms with Gasteiger partial charge in [0.05, 0.1) is 6.42 Å². The highest BCUT2D eigenvalue weighted by Gasteiger charge is 2.59. The number of aliphatic carboxylic acids is 1. The molecule has 176 valence electrons. The lowest BCUT2D eigenvalue weighted by Crippen LogP contribution is -2.51. The molecule has 3 saturated carbocycles. The van der Waals surface area contributed by atoms with Crippen LogP contribution in [0.3, 0.4) is 0 Å². The number of carbonyl (C=O) groups excluding carboxylic acids is 3. The standard InChI is InChI=1S/C25H35NO6/c1-24-11-9-16(27)13-15(24)3-4-17-18-5-6-20(25(18,2)12-10-19(17)24)32-23(31)8-7-21(28)26-14-22(29)30/h13,17-20H,3-12,14H2,1-2H3,(H,26,28)(H,29,30). The molecule has 6 atom stereocenters. The highest BCUT2D eigenvalue weighted by molar-refractivity contribution is 5.91. The van der Waals surface area contributed by atoms with Crippen molar-refractivity contribution in [3.63, 3.8) is 0 Å². The number of hydrogen-bond donors (Lipinski definition) is 2. The van der Waals surface area contributed by atoms with Gasteiger partial charge in [-0.25, -0.2) is 0 Å². The monoisotopic (exact) mass is 445 g/mol. The van der Waals surface area contributed by atoms with Crippen molar-refractivity contribution in [3.05, 3.63) is 11.6 Å². The minimum Gasteiger partial charge on any atom is -0.480 e. The topological polar surface area (TPSA) is 110 Å². The minimum atomic E-state index is -1.11. The molecule has 0 aromatic rings. The zero-order chi connectivity index (χ0) is 23.1. The van der Waals surface area contributed by atoms with E-state index in [0.717, 1.165) is 44.9 Å². The summed E-state index contributed by atoms with van der Waals surface area (Å²) < 4.78 is 5.89. The molecule has 0 bridgehead atoms. The van der Waals surface area contributed by atoms with Crippen molar-refractivity contribution in [1.29, 1.82) is 0 Å². The van der Waals surface area contributed by atoms with Gasteiger partial charge in [0.2, 0.25) is 5.91 Å². The van der Waals surface area contributed by atoms with Crippen molar-refractivity contribution < 1.29 is 29.0 Å². The van der Waals surface area contributed by atoms with E-state index in [1.54, 1.807) is 0 Å². The van der Waals surface area contributed by atoms with Crippen molar-refractivity contribution in [2.45, 2.75) is 84.2 Å². The van der Waals surface area contributed by atoms with E-state index in [4.69, 9.17) is 9.84 Å². The van der Waals surface area contributed by atoms with E-state index >= 15 is 0 Å². The number of fused-ring (bicyclic) bond motifs is 5. The highest BCUT2D eigenvalue weighted by atomic mass is 16.5. The molecule has 7 heteroatoms. The normalized spacial score (nSPS) is 38.1. The predicted molar refractivity (Wildman–Crippen MR) is 116 cm³/mol. The van der Waals surface area contributed by atoms with Gasteiger partial charge < -0.3 is 15.2 Å². The number of carbonyl (C=O) groups is 4. The largest absolute Gasteiger partial charge is 0.480 e. The molecule has 0 aromatic carbocycles. The maximum absolute atomic E-state index is 12.5. The molecule has 4 aliphatic rings. The number of ether oxygens (including phenoxy) is 1. The molecule has 2 N–H and O–H groups in total. The van der Waals surface area contributed by atoms with Gasteiger partial charge in [-0.2, -0.15) is 0 Å². The van der Waals surface area contributed by atoms with Gasteiger partial charge in [-0.3, -0.25) is 19.2 Å². The molecule has 4 rings (SSSR count). The molecule has 6 unspecified atom stereocenters. The summed E-state index contributed by atoms with van der Waals surface area (Å²) in [7, 11) is 0. The smallest absolute Gasteiger partial charge is 0.322 e. The fourth-order valence-electron chi connectivity index (χ4n) is 7.40. The fraction of sp³-hybridized carbons (Fsp3) is 0.760. The van der Waals surface area contributed by atoms with Gasteiger partial charge in [0, 0.05) is 18.3 Å². The number of hydrogen-bond acceptors (Lipinski definition) is 5. The van der Waals surface area contributed by atoms with Crippen LogP contribution in [0.15, 0.2) is 11.6 Å². The van der Waals surface area contributed by atoms with E-state index in [9.17, 15) is 19.2 Å². The number of esters is 1. The molecule has 32 heavy (non-hydrogen) atoms. The van der Waals surface area contributed by atoms with Crippen LogP contribution in [0.1, 0.15) is 78.1 Å². The Labute approximate surface area is 189 Å². The second kappa shape index (κ2) is 8.64. The first-order valence-electron chi connectivity index (χ1n) is 12.1. The van der Waals surface area contributed by atoms with E-state index in [1.165, 1.54) is 5.57 Å². The van der Waals surface area contributed by atoms with Gasteiger partial charge in [-0.1, -0.05) is 19.4 Å². The Hall–Kier alpha value is -2.18. The van der Waals surface area contributed by atoms with Crippen molar-refractivity contribution in [3.8, 4) is 0 Å². The maximum atomic E-state index is 12.5. The molecular weight excluding hydrogens is 410 g/mol.